The highest BCUT2D eigenvalue weighted by Gasteiger charge is 2.12. The molecule has 20 heavy (non-hydrogen) atoms. The molecule has 0 aliphatic carbocycles. The average Bonchev–Trinajstić information content (AvgIpc) is 2.71. The van der Waals surface area contributed by atoms with Gasteiger partial charge in [-0.05, 0) is 37.6 Å². The lowest BCUT2D eigenvalue weighted by atomic mass is 10.2. The van der Waals surface area contributed by atoms with Crippen LogP contribution in [-0.4, -0.2) is 24.8 Å². The molecule has 1 aromatic carbocycles. The largest absolute Gasteiger partial charge is 0.383 e. The Labute approximate surface area is 125 Å². The zero-order valence-corrected chi connectivity index (χ0v) is 13.0. The Morgan fingerprint density at radius 3 is 2.70 bits per heavy atom. The van der Waals surface area contributed by atoms with Crippen molar-refractivity contribution in [3.63, 3.8) is 0 Å². The zero-order valence-electron chi connectivity index (χ0n) is 12.2. The van der Waals surface area contributed by atoms with Crippen LogP contribution < -0.4 is 5.32 Å². The SMILES string of the molecule is COCCNCc1cc(C)n(-c2ccccc2Cl)c1C. The molecule has 1 aromatic heterocycles. The smallest absolute Gasteiger partial charge is 0.0646 e. The van der Waals surface area contributed by atoms with Crippen molar-refractivity contribution in [1.82, 2.24) is 9.88 Å². The van der Waals surface area contributed by atoms with Crippen LogP contribution in [0.1, 0.15) is 17.0 Å². The summed E-state index contributed by atoms with van der Waals surface area (Å²) in [5.74, 6) is 0. The van der Waals surface area contributed by atoms with Gasteiger partial charge in [0.1, 0.15) is 0 Å². The van der Waals surface area contributed by atoms with Gasteiger partial charge in [-0.15, -0.1) is 0 Å². The highest BCUT2D eigenvalue weighted by molar-refractivity contribution is 6.32. The Kier molecular flexibility index (Phi) is 5.24. The summed E-state index contributed by atoms with van der Waals surface area (Å²) in [7, 11) is 1.71. The lowest BCUT2D eigenvalue weighted by molar-refractivity contribution is 0.199. The van der Waals surface area contributed by atoms with Crippen LogP contribution in [0.3, 0.4) is 0 Å². The number of aryl methyl sites for hydroxylation is 1. The molecule has 0 atom stereocenters. The summed E-state index contributed by atoms with van der Waals surface area (Å²) < 4.78 is 7.24. The molecule has 0 fully saturated rings. The number of nitrogens with one attached hydrogen (secondary N) is 1. The molecule has 0 radical (unpaired) electrons. The Morgan fingerprint density at radius 1 is 1.25 bits per heavy atom. The molecule has 4 heteroatoms. The van der Waals surface area contributed by atoms with Crippen molar-refractivity contribution < 1.29 is 4.74 Å². The van der Waals surface area contributed by atoms with Gasteiger partial charge in [-0.2, -0.15) is 0 Å². The molecule has 1 N–H and O–H groups in total. The fourth-order valence-corrected chi connectivity index (χ4v) is 2.63. The van der Waals surface area contributed by atoms with E-state index in [0.717, 1.165) is 30.4 Å². The van der Waals surface area contributed by atoms with Gasteiger partial charge in [0, 0.05) is 31.6 Å². The highest BCUT2D eigenvalue weighted by Crippen LogP contribution is 2.26. The number of hydrogen-bond acceptors (Lipinski definition) is 2. The predicted molar refractivity (Wildman–Crippen MR) is 83.8 cm³/mol. The Bertz CT molecular complexity index is 578. The maximum Gasteiger partial charge on any atom is 0.0646 e. The fourth-order valence-electron chi connectivity index (χ4n) is 2.41. The molecule has 2 aromatic rings. The summed E-state index contributed by atoms with van der Waals surface area (Å²) in [6.45, 7) is 6.65. The Balaban J connectivity index is 2.23. The van der Waals surface area contributed by atoms with Gasteiger partial charge in [0.05, 0.1) is 17.3 Å². The van der Waals surface area contributed by atoms with Crippen molar-refractivity contribution in [2.45, 2.75) is 20.4 Å². The lowest BCUT2D eigenvalue weighted by Gasteiger charge is -2.12. The average molecular weight is 293 g/mol. The first-order valence-electron chi connectivity index (χ1n) is 6.77. The molecule has 0 bridgehead atoms. The zero-order chi connectivity index (χ0) is 14.5. The van der Waals surface area contributed by atoms with E-state index in [4.69, 9.17) is 16.3 Å². The van der Waals surface area contributed by atoms with Crippen molar-refractivity contribution in [3.05, 3.63) is 52.3 Å². The number of halogens is 1. The van der Waals surface area contributed by atoms with Crippen molar-refractivity contribution in [2.75, 3.05) is 20.3 Å². The van der Waals surface area contributed by atoms with Gasteiger partial charge in [0.2, 0.25) is 0 Å². The van der Waals surface area contributed by atoms with Gasteiger partial charge in [0.25, 0.3) is 0 Å². The number of rotatable bonds is 6. The third-order valence-corrected chi connectivity index (χ3v) is 3.75. The third-order valence-electron chi connectivity index (χ3n) is 3.43. The molecule has 0 aliphatic rings. The summed E-state index contributed by atoms with van der Waals surface area (Å²) in [6.07, 6.45) is 0. The maximum atomic E-state index is 6.30. The second-order valence-corrected chi connectivity index (χ2v) is 5.26. The summed E-state index contributed by atoms with van der Waals surface area (Å²) in [5, 5.41) is 4.15. The van der Waals surface area contributed by atoms with Gasteiger partial charge < -0.3 is 14.6 Å². The van der Waals surface area contributed by atoms with E-state index in [0.29, 0.717) is 0 Å². The molecule has 0 saturated heterocycles. The first kappa shape index (κ1) is 15.1. The van der Waals surface area contributed by atoms with Gasteiger partial charge in [0.15, 0.2) is 0 Å². The van der Waals surface area contributed by atoms with Crippen molar-refractivity contribution in [2.24, 2.45) is 0 Å². The number of ether oxygens (including phenoxy) is 1. The Morgan fingerprint density at radius 2 is 2.00 bits per heavy atom. The van der Waals surface area contributed by atoms with E-state index in [9.17, 15) is 0 Å². The van der Waals surface area contributed by atoms with E-state index >= 15 is 0 Å². The van der Waals surface area contributed by atoms with Crippen LogP contribution in [-0.2, 0) is 11.3 Å². The maximum absolute atomic E-state index is 6.30. The van der Waals surface area contributed by atoms with E-state index in [1.165, 1.54) is 17.0 Å². The second kappa shape index (κ2) is 6.93. The van der Waals surface area contributed by atoms with Crippen LogP contribution in [0.4, 0.5) is 0 Å². The molecule has 0 amide bonds. The minimum atomic E-state index is 0.725. The topological polar surface area (TPSA) is 26.2 Å². The minimum Gasteiger partial charge on any atom is -0.383 e. The van der Waals surface area contributed by atoms with Gasteiger partial charge in [-0.3, -0.25) is 0 Å². The first-order chi connectivity index (χ1) is 9.65. The molecule has 0 aliphatic heterocycles. The summed E-state index contributed by atoms with van der Waals surface area (Å²) in [5.41, 5.74) is 4.74. The van der Waals surface area contributed by atoms with Crippen molar-refractivity contribution >= 4 is 11.6 Å². The van der Waals surface area contributed by atoms with E-state index in [2.05, 4.69) is 29.8 Å². The number of aromatic nitrogens is 1. The molecular weight excluding hydrogens is 272 g/mol. The monoisotopic (exact) mass is 292 g/mol. The normalized spacial score (nSPS) is 11.0. The highest BCUT2D eigenvalue weighted by atomic mass is 35.5. The van der Waals surface area contributed by atoms with Gasteiger partial charge >= 0.3 is 0 Å². The number of benzene rings is 1. The van der Waals surface area contributed by atoms with Crippen LogP contribution in [0.2, 0.25) is 5.02 Å². The number of nitrogens with zero attached hydrogens (tertiary/aromatic N) is 1. The Hall–Kier alpha value is -1.29. The molecule has 0 unspecified atom stereocenters. The van der Waals surface area contributed by atoms with E-state index in [1.54, 1.807) is 7.11 Å². The number of hydrogen-bond donors (Lipinski definition) is 1. The third kappa shape index (κ3) is 3.23. The van der Waals surface area contributed by atoms with E-state index in [1.807, 2.05) is 24.3 Å². The van der Waals surface area contributed by atoms with Crippen LogP contribution in [0.25, 0.3) is 5.69 Å². The molecular formula is C16H21ClN2O. The molecule has 0 spiro atoms. The quantitative estimate of drug-likeness (QED) is 0.825. The molecule has 2 rings (SSSR count). The summed E-state index contributed by atoms with van der Waals surface area (Å²) in [4.78, 5) is 0. The van der Waals surface area contributed by atoms with Gasteiger partial charge in [-0.25, -0.2) is 0 Å². The lowest BCUT2D eigenvalue weighted by Crippen LogP contribution is -2.18. The van der Waals surface area contributed by atoms with Crippen molar-refractivity contribution in [3.8, 4) is 5.69 Å². The predicted octanol–water partition coefficient (Wildman–Crippen LogP) is 3.48. The second-order valence-electron chi connectivity index (χ2n) is 4.85. The standard InChI is InChI=1S/C16H21ClN2O/c1-12-10-14(11-18-8-9-20-3)13(2)19(12)16-7-5-4-6-15(16)17/h4-7,10,18H,8-9,11H2,1-3H3. The van der Waals surface area contributed by atoms with E-state index in [-0.39, 0.29) is 0 Å². The first-order valence-corrected chi connectivity index (χ1v) is 7.15. The summed E-state index contributed by atoms with van der Waals surface area (Å²) >= 11 is 6.30. The fraction of sp³-hybridized carbons (Fsp3) is 0.375. The number of methoxy groups -OCH3 is 1. The van der Waals surface area contributed by atoms with Gasteiger partial charge in [-0.1, -0.05) is 23.7 Å². The van der Waals surface area contributed by atoms with Crippen LogP contribution >= 0.6 is 11.6 Å². The number of para-hydroxylation sites is 1. The molecule has 1 heterocycles. The molecule has 108 valence electrons. The summed E-state index contributed by atoms with van der Waals surface area (Å²) in [6, 6.07) is 10.1. The minimum absolute atomic E-state index is 0.725. The van der Waals surface area contributed by atoms with Crippen LogP contribution in [0.15, 0.2) is 30.3 Å². The van der Waals surface area contributed by atoms with Crippen molar-refractivity contribution in [1.29, 1.82) is 0 Å². The van der Waals surface area contributed by atoms with E-state index < -0.39 is 0 Å². The molecule has 3 nitrogen and oxygen atoms in total. The molecule has 0 saturated carbocycles. The van der Waals surface area contributed by atoms with Crippen LogP contribution in [0.5, 0.6) is 0 Å². The van der Waals surface area contributed by atoms with Crippen LogP contribution in [0, 0.1) is 13.8 Å².